The highest BCUT2D eigenvalue weighted by Crippen LogP contribution is 2.20. The molecule has 1 aromatic rings. The van der Waals surface area contributed by atoms with Gasteiger partial charge in [-0.05, 0) is 18.7 Å². The average molecular weight is 340 g/mol. The molecule has 2 aliphatic rings. The molecule has 0 atom stereocenters. The number of pyridine rings is 1. The average Bonchev–Trinajstić information content (AvgIpc) is 2.54. The van der Waals surface area contributed by atoms with E-state index in [2.05, 4.69) is 26.4 Å². The van der Waals surface area contributed by atoms with Crippen LogP contribution in [-0.4, -0.2) is 84.1 Å². The molecule has 6 nitrogen and oxygen atoms in total. The zero-order chi connectivity index (χ0) is 17.1. The van der Waals surface area contributed by atoms with Gasteiger partial charge >= 0.3 is 6.61 Å². The summed E-state index contributed by atoms with van der Waals surface area (Å²) < 4.78 is 28.4. The van der Waals surface area contributed by atoms with Crippen molar-refractivity contribution < 1.29 is 18.3 Å². The number of hydrogen-bond acceptors (Lipinski definition) is 5. The molecule has 0 N–H and O–H groups in total. The summed E-state index contributed by atoms with van der Waals surface area (Å²) in [5, 5.41) is 0. The number of nitrogens with zero attached hydrogens (tertiary/aromatic N) is 4. The zero-order valence-electron chi connectivity index (χ0n) is 13.7. The molecule has 2 fully saturated rings. The molecular weight excluding hydrogens is 318 g/mol. The van der Waals surface area contributed by atoms with Crippen LogP contribution in [0.25, 0.3) is 0 Å². The number of likely N-dealkylation sites (N-methyl/N-ethyl adjacent to an activating group) is 1. The summed E-state index contributed by atoms with van der Waals surface area (Å²) in [6.07, 6.45) is 1.15. The van der Waals surface area contributed by atoms with Crippen LogP contribution < -0.4 is 4.74 Å². The molecular formula is C16H22F2N4O2. The highest BCUT2D eigenvalue weighted by atomic mass is 19.3. The summed E-state index contributed by atoms with van der Waals surface area (Å²) in [4.78, 5) is 22.9. The Morgan fingerprint density at radius 3 is 2.54 bits per heavy atom. The molecule has 2 saturated heterocycles. The lowest BCUT2D eigenvalue weighted by Crippen LogP contribution is -2.64. The first-order valence-electron chi connectivity index (χ1n) is 8.23. The fourth-order valence-electron chi connectivity index (χ4n) is 3.14. The zero-order valence-corrected chi connectivity index (χ0v) is 13.7. The molecule has 24 heavy (non-hydrogen) atoms. The van der Waals surface area contributed by atoms with Crippen LogP contribution in [0.15, 0.2) is 18.3 Å². The summed E-state index contributed by atoms with van der Waals surface area (Å²) in [6, 6.07) is 3.18. The van der Waals surface area contributed by atoms with Gasteiger partial charge in [-0.3, -0.25) is 9.69 Å². The Bertz CT molecular complexity index is 556. The lowest BCUT2D eigenvalue weighted by atomic mass is 10.1. The number of carbonyl (C=O) groups excluding carboxylic acids is 1. The van der Waals surface area contributed by atoms with Crippen LogP contribution in [-0.2, 0) is 0 Å². The van der Waals surface area contributed by atoms with Gasteiger partial charge in [0, 0.05) is 45.3 Å². The number of piperazine rings is 1. The predicted molar refractivity (Wildman–Crippen MR) is 84.2 cm³/mol. The van der Waals surface area contributed by atoms with Crippen molar-refractivity contribution in [2.24, 2.45) is 0 Å². The van der Waals surface area contributed by atoms with Crippen LogP contribution in [0.5, 0.6) is 5.75 Å². The Morgan fingerprint density at radius 2 is 2.00 bits per heavy atom. The van der Waals surface area contributed by atoms with Crippen molar-refractivity contribution in [3.05, 3.63) is 24.0 Å². The molecule has 0 saturated carbocycles. The third kappa shape index (κ3) is 3.81. The molecule has 3 rings (SSSR count). The fraction of sp³-hybridized carbons (Fsp3) is 0.625. The Morgan fingerprint density at radius 1 is 1.29 bits per heavy atom. The van der Waals surface area contributed by atoms with Crippen molar-refractivity contribution in [1.29, 1.82) is 0 Å². The number of aromatic nitrogens is 1. The smallest absolute Gasteiger partial charge is 0.387 e. The maximum absolute atomic E-state index is 12.3. The van der Waals surface area contributed by atoms with Crippen molar-refractivity contribution in [3.63, 3.8) is 0 Å². The summed E-state index contributed by atoms with van der Waals surface area (Å²) in [5.74, 6) is -0.209. The molecule has 132 valence electrons. The van der Waals surface area contributed by atoms with Crippen LogP contribution in [0, 0.1) is 0 Å². The molecule has 0 bridgehead atoms. The first-order valence-corrected chi connectivity index (χ1v) is 8.23. The van der Waals surface area contributed by atoms with Crippen molar-refractivity contribution in [2.75, 3.05) is 45.8 Å². The normalized spacial score (nSPS) is 20.2. The van der Waals surface area contributed by atoms with Gasteiger partial charge in [-0.15, -0.1) is 0 Å². The second kappa shape index (κ2) is 7.40. The number of halogens is 2. The monoisotopic (exact) mass is 340 g/mol. The van der Waals surface area contributed by atoms with Gasteiger partial charge in [0.15, 0.2) is 0 Å². The summed E-state index contributed by atoms with van der Waals surface area (Å²) >= 11 is 0. The highest BCUT2D eigenvalue weighted by Gasteiger charge is 2.36. The van der Waals surface area contributed by atoms with E-state index in [-0.39, 0.29) is 17.4 Å². The Balaban J connectivity index is 1.48. The van der Waals surface area contributed by atoms with E-state index in [1.807, 2.05) is 0 Å². The quantitative estimate of drug-likeness (QED) is 0.805. The number of rotatable bonds is 5. The summed E-state index contributed by atoms with van der Waals surface area (Å²) in [5.41, 5.74) is 0.255. The van der Waals surface area contributed by atoms with Gasteiger partial charge in [-0.25, -0.2) is 4.98 Å². The van der Waals surface area contributed by atoms with Gasteiger partial charge in [0.2, 0.25) is 0 Å². The van der Waals surface area contributed by atoms with E-state index in [1.54, 1.807) is 4.90 Å². The minimum Gasteiger partial charge on any atom is -0.433 e. The van der Waals surface area contributed by atoms with Crippen LogP contribution >= 0.6 is 0 Å². The van der Waals surface area contributed by atoms with Crippen LogP contribution in [0.2, 0.25) is 0 Å². The van der Waals surface area contributed by atoms with Crippen molar-refractivity contribution in [1.82, 2.24) is 19.7 Å². The summed E-state index contributed by atoms with van der Waals surface area (Å²) in [7, 11) is 0. The fourth-order valence-corrected chi connectivity index (χ4v) is 3.14. The summed E-state index contributed by atoms with van der Waals surface area (Å²) in [6.45, 7) is 5.99. The van der Waals surface area contributed by atoms with Crippen molar-refractivity contribution in [3.8, 4) is 5.75 Å². The Kier molecular flexibility index (Phi) is 5.25. The SMILES string of the molecule is CCN1CCN(C2CN(C(=O)c3ccc(OC(F)F)cn3)C2)CC1. The Hall–Kier alpha value is -1.80. The third-order valence-corrected chi connectivity index (χ3v) is 4.70. The van der Waals surface area contributed by atoms with E-state index in [9.17, 15) is 13.6 Å². The van der Waals surface area contributed by atoms with Gasteiger partial charge < -0.3 is 14.5 Å². The lowest BCUT2D eigenvalue weighted by molar-refractivity contribution is -0.0500. The van der Waals surface area contributed by atoms with E-state index >= 15 is 0 Å². The van der Waals surface area contributed by atoms with E-state index < -0.39 is 6.61 Å². The number of likely N-dealkylation sites (tertiary alicyclic amines) is 1. The molecule has 0 aromatic carbocycles. The van der Waals surface area contributed by atoms with Crippen molar-refractivity contribution >= 4 is 5.91 Å². The van der Waals surface area contributed by atoms with E-state index in [4.69, 9.17) is 0 Å². The largest absolute Gasteiger partial charge is 0.433 e. The third-order valence-electron chi connectivity index (χ3n) is 4.70. The molecule has 1 amide bonds. The van der Waals surface area contributed by atoms with E-state index in [1.165, 1.54) is 12.1 Å². The lowest BCUT2D eigenvalue weighted by Gasteiger charge is -2.48. The minimum atomic E-state index is -2.89. The topological polar surface area (TPSA) is 48.9 Å². The van der Waals surface area contributed by atoms with Gasteiger partial charge in [-0.1, -0.05) is 6.92 Å². The number of carbonyl (C=O) groups is 1. The molecule has 0 spiro atoms. The van der Waals surface area contributed by atoms with Crippen molar-refractivity contribution in [2.45, 2.75) is 19.6 Å². The number of ether oxygens (including phenoxy) is 1. The second-order valence-corrected chi connectivity index (χ2v) is 6.09. The van der Waals surface area contributed by atoms with E-state index in [0.29, 0.717) is 19.1 Å². The van der Waals surface area contributed by atoms with Gasteiger partial charge in [-0.2, -0.15) is 8.78 Å². The van der Waals surface area contributed by atoms with Gasteiger partial charge in [0.1, 0.15) is 11.4 Å². The van der Waals surface area contributed by atoms with E-state index in [0.717, 1.165) is 38.9 Å². The molecule has 1 aromatic heterocycles. The standard InChI is InChI=1S/C16H22F2N4O2/c1-2-20-5-7-21(8-6-20)12-10-22(11-12)15(23)14-4-3-13(9-19-14)24-16(17)18/h3-4,9,12,16H,2,5-8,10-11H2,1H3. The van der Waals surface area contributed by atoms with Crippen LogP contribution in [0.1, 0.15) is 17.4 Å². The second-order valence-electron chi connectivity index (χ2n) is 6.09. The molecule has 3 heterocycles. The Labute approximate surface area is 140 Å². The molecule has 2 aliphatic heterocycles. The molecule has 8 heteroatoms. The first-order chi connectivity index (χ1) is 11.6. The predicted octanol–water partition coefficient (Wildman–Crippen LogP) is 1.14. The number of amides is 1. The maximum Gasteiger partial charge on any atom is 0.387 e. The molecule has 0 radical (unpaired) electrons. The number of alkyl halides is 2. The van der Waals surface area contributed by atoms with Gasteiger partial charge in [0.25, 0.3) is 5.91 Å². The van der Waals surface area contributed by atoms with Crippen LogP contribution in [0.3, 0.4) is 0 Å². The van der Waals surface area contributed by atoms with Gasteiger partial charge in [0.05, 0.1) is 6.20 Å². The molecule has 0 unspecified atom stereocenters. The number of hydrogen-bond donors (Lipinski definition) is 0. The molecule has 0 aliphatic carbocycles. The van der Waals surface area contributed by atoms with Crippen LogP contribution in [0.4, 0.5) is 8.78 Å². The first kappa shape index (κ1) is 17.0. The minimum absolute atomic E-state index is 0.0446. The maximum atomic E-state index is 12.3. The highest BCUT2D eigenvalue weighted by molar-refractivity contribution is 5.93.